The van der Waals surface area contributed by atoms with Crippen molar-refractivity contribution in [1.82, 2.24) is 5.32 Å². The van der Waals surface area contributed by atoms with Crippen molar-refractivity contribution in [2.45, 2.75) is 12.5 Å². The normalized spacial score (nSPS) is 11.9. The minimum atomic E-state index is -1.09. The molecule has 0 fully saturated rings. The van der Waals surface area contributed by atoms with Crippen LogP contribution in [0.2, 0.25) is 0 Å². The van der Waals surface area contributed by atoms with E-state index in [9.17, 15) is 14.7 Å². The summed E-state index contributed by atoms with van der Waals surface area (Å²) in [6.07, 6.45) is 0.154. The molecule has 30 heavy (non-hydrogen) atoms. The zero-order valence-electron chi connectivity index (χ0n) is 16.5. The molecule has 0 aliphatic heterocycles. The van der Waals surface area contributed by atoms with Crippen LogP contribution in [0, 0.1) is 0 Å². The van der Waals surface area contributed by atoms with Crippen LogP contribution in [-0.2, 0) is 11.2 Å². The number of nitrogens with one attached hydrogen (secondary N) is 1. The third-order valence-electron chi connectivity index (χ3n) is 5.18. The van der Waals surface area contributed by atoms with Gasteiger partial charge in [0.15, 0.2) is 0 Å². The van der Waals surface area contributed by atoms with E-state index in [1.54, 1.807) is 25.3 Å². The summed E-state index contributed by atoms with van der Waals surface area (Å²) in [6.45, 7) is 0. The molecule has 5 heteroatoms. The average Bonchev–Trinajstić information content (AvgIpc) is 2.76. The Morgan fingerprint density at radius 3 is 2.13 bits per heavy atom. The number of benzene rings is 4. The maximum absolute atomic E-state index is 13.3. The first-order chi connectivity index (χ1) is 14.6. The first-order valence-corrected chi connectivity index (χ1v) is 9.64. The molecule has 0 aromatic heterocycles. The van der Waals surface area contributed by atoms with Crippen LogP contribution in [0.3, 0.4) is 0 Å². The van der Waals surface area contributed by atoms with E-state index in [0.29, 0.717) is 11.3 Å². The lowest BCUT2D eigenvalue weighted by Crippen LogP contribution is -2.42. The zero-order valence-corrected chi connectivity index (χ0v) is 16.5. The Labute approximate surface area is 173 Å². The lowest BCUT2D eigenvalue weighted by atomic mass is 9.95. The number of carbonyl (C=O) groups excluding carboxylic acids is 1. The number of methoxy groups -OCH3 is 1. The Balaban J connectivity index is 1.72. The minimum Gasteiger partial charge on any atom is -0.497 e. The van der Waals surface area contributed by atoms with Crippen LogP contribution in [0.5, 0.6) is 5.75 Å². The fourth-order valence-corrected chi connectivity index (χ4v) is 3.72. The Kier molecular flexibility index (Phi) is 5.35. The molecule has 0 saturated carbocycles. The highest BCUT2D eigenvalue weighted by molar-refractivity contribution is 6.18. The van der Waals surface area contributed by atoms with Crippen molar-refractivity contribution in [3.63, 3.8) is 0 Å². The van der Waals surface area contributed by atoms with Crippen molar-refractivity contribution in [1.29, 1.82) is 0 Å². The molecular weight excluding hydrogens is 378 g/mol. The van der Waals surface area contributed by atoms with Gasteiger partial charge in [-0.25, -0.2) is 4.79 Å². The fraction of sp³-hybridized carbons (Fsp3) is 0.120. The van der Waals surface area contributed by atoms with Gasteiger partial charge < -0.3 is 15.2 Å². The summed E-state index contributed by atoms with van der Waals surface area (Å²) < 4.78 is 5.21. The van der Waals surface area contributed by atoms with Gasteiger partial charge in [0.05, 0.1) is 12.7 Å². The molecule has 0 aliphatic rings. The first-order valence-electron chi connectivity index (χ1n) is 9.64. The summed E-state index contributed by atoms with van der Waals surface area (Å²) in [6, 6.07) is 23.4. The number of carbonyl (C=O) groups is 2. The minimum absolute atomic E-state index is 0.154. The second-order valence-electron chi connectivity index (χ2n) is 7.11. The molecule has 150 valence electrons. The lowest BCUT2D eigenvalue weighted by molar-refractivity contribution is -0.139. The molecule has 4 aromatic carbocycles. The number of fused-ring (bicyclic) bond motifs is 2. The molecule has 0 radical (unpaired) electrons. The number of aliphatic carboxylic acids is 1. The van der Waals surface area contributed by atoms with Crippen molar-refractivity contribution in [3.05, 3.63) is 90.0 Å². The number of rotatable bonds is 6. The monoisotopic (exact) mass is 399 g/mol. The number of carboxylic acids is 1. The zero-order chi connectivity index (χ0) is 21.1. The molecule has 0 spiro atoms. The van der Waals surface area contributed by atoms with E-state index in [1.165, 1.54) is 0 Å². The molecule has 0 bridgehead atoms. The van der Waals surface area contributed by atoms with Crippen LogP contribution in [0.1, 0.15) is 15.9 Å². The number of hydrogen-bond acceptors (Lipinski definition) is 3. The van der Waals surface area contributed by atoms with Gasteiger partial charge in [-0.3, -0.25) is 4.79 Å². The number of ether oxygens (including phenoxy) is 1. The van der Waals surface area contributed by atoms with Gasteiger partial charge in [0.2, 0.25) is 0 Å². The first kappa shape index (κ1) is 19.5. The molecule has 0 aliphatic carbocycles. The van der Waals surface area contributed by atoms with Crippen LogP contribution in [0.4, 0.5) is 0 Å². The third kappa shape index (κ3) is 3.82. The van der Waals surface area contributed by atoms with Crippen molar-refractivity contribution in [2.24, 2.45) is 0 Å². The maximum atomic E-state index is 13.3. The summed E-state index contributed by atoms with van der Waals surface area (Å²) in [7, 11) is 1.56. The molecule has 1 amide bonds. The SMILES string of the molecule is COc1cccc(C[C@H](NC(=O)c2c3ccccc3cc3ccccc23)C(=O)O)c1. The van der Waals surface area contributed by atoms with Gasteiger partial charge in [0.1, 0.15) is 11.8 Å². The Morgan fingerprint density at radius 2 is 1.53 bits per heavy atom. The smallest absolute Gasteiger partial charge is 0.326 e. The number of hydrogen-bond donors (Lipinski definition) is 2. The van der Waals surface area contributed by atoms with Gasteiger partial charge in [0.25, 0.3) is 5.91 Å². The van der Waals surface area contributed by atoms with Crippen LogP contribution < -0.4 is 10.1 Å². The second kappa shape index (κ2) is 8.25. The molecule has 4 rings (SSSR count). The molecule has 4 aromatic rings. The highest BCUT2D eigenvalue weighted by Gasteiger charge is 2.23. The van der Waals surface area contributed by atoms with E-state index in [2.05, 4.69) is 5.32 Å². The van der Waals surface area contributed by atoms with E-state index >= 15 is 0 Å². The Hall–Kier alpha value is -3.86. The number of amides is 1. The van der Waals surface area contributed by atoms with E-state index in [0.717, 1.165) is 27.1 Å². The summed E-state index contributed by atoms with van der Waals surface area (Å²) in [5.74, 6) is -0.850. The molecule has 1 atom stereocenters. The molecule has 5 nitrogen and oxygen atoms in total. The van der Waals surface area contributed by atoms with Crippen LogP contribution in [0.25, 0.3) is 21.5 Å². The summed E-state index contributed by atoms with van der Waals surface area (Å²) in [5, 5.41) is 15.9. The quantitative estimate of drug-likeness (QED) is 0.471. The summed E-state index contributed by atoms with van der Waals surface area (Å²) >= 11 is 0. The van der Waals surface area contributed by atoms with Crippen LogP contribution in [0.15, 0.2) is 78.9 Å². The van der Waals surface area contributed by atoms with Crippen molar-refractivity contribution < 1.29 is 19.4 Å². The average molecular weight is 399 g/mol. The third-order valence-corrected chi connectivity index (χ3v) is 5.18. The second-order valence-corrected chi connectivity index (χ2v) is 7.11. The van der Waals surface area contributed by atoms with E-state index < -0.39 is 17.9 Å². The summed E-state index contributed by atoms with van der Waals surface area (Å²) in [4.78, 5) is 25.2. The van der Waals surface area contributed by atoms with Crippen molar-refractivity contribution >= 4 is 33.4 Å². The highest BCUT2D eigenvalue weighted by atomic mass is 16.5. The van der Waals surface area contributed by atoms with Crippen LogP contribution >= 0.6 is 0 Å². The van der Waals surface area contributed by atoms with Crippen LogP contribution in [-0.4, -0.2) is 30.1 Å². The molecule has 0 heterocycles. The standard InChI is InChI=1S/C25H21NO4/c1-30-19-10-6-7-16(13-19)14-22(25(28)29)26-24(27)23-20-11-4-2-8-17(20)15-18-9-3-5-12-21(18)23/h2-13,15,22H,14H2,1H3,(H,26,27)(H,28,29)/t22-/m0/s1. The van der Waals surface area contributed by atoms with Gasteiger partial charge in [-0.15, -0.1) is 0 Å². The summed E-state index contributed by atoms with van der Waals surface area (Å²) in [5.41, 5.74) is 1.26. The Bertz CT molecular complexity index is 1190. The highest BCUT2D eigenvalue weighted by Crippen LogP contribution is 2.28. The van der Waals surface area contributed by atoms with E-state index in [-0.39, 0.29) is 6.42 Å². The maximum Gasteiger partial charge on any atom is 0.326 e. The molecule has 2 N–H and O–H groups in total. The van der Waals surface area contributed by atoms with Gasteiger partial charge in [-0.1, -0.05) is 60.7 Å². The van der Waals surface area contributed by atoms with Crippen molar-refractivity contribution in [3.8, 4) is 5.75 Å². The lowest BCUT2D eigenvalue weighted by Gasteiger charge is -2.17. The Morgan fingerprint density at radius 1 is 0.900 bits per heavy atom. The van der Waals surface area contributed by atoms with Gasteiger partial charge in [-0.05, 0) is 45.3 Å². The van der Waals surface area contributed by atoms with Gasteiger partial charge >= 0.3 is 5.97 Å². The predicted molar refractivity (Wildman–Crippen MR) is 117 cm³/mol. The fourth-order valence-electron chi connectivity index (χ4n) is 3.72. The van der Waals surface area contributed by atoms with Gasteiger partial charge in [0, 0.05) is 6.42 Å². The van der Waals surface area contributed by atoms with E-state index in [4.69, 9.17) is 4.74 Å². The van der Waals surface area contributed by atoms with E-state index in [1.807, 2.05) is 60.7 Å². The van der Waals surface area contributed by atoms with Crippen molar-refractivity contribution in [2.75, 3.05) is 7.11 Å². The van der Waals surface area contributed by atoms with Gasteiger partial charge in [-0.2, -0.15) is 0 Å². The molecule has 0 saturated heterocycles. The largest absolute Gasteiger partial charge is 0.497 e. The molecular formula is C25H21NO4. The molecule has 0 unspecified atom stereocenters. The predicted octanol–water partition coefficient (Wildman–Crippen LogP) is 4.43. The number of carboxylic acid groups (broad SMARTS) is 1. The topological polar surface area (TPSA) is 75.6 Å².